The van der Waals surface area contributed by atoms with Crippen LogP contribution in [0.25, 0.3) is 0 Å². The summed E-state index contributed by atoms with van der Waals surface area (Å²) in [5.41, 5.74) is 1.75. The first kappa shape index (κ1) is 11.0. The zero-order valence-electron chi connectivity index (χ0n) is 9.37. The molecule has 0 unspecified atom stereocenters. The first-order chi connectivity index (χ1) is 6.60. The van der Waals surface area contributed by atoms with Gasteiger partial charge < -0.3 is 0 Å². The van der Waals surface area contributed by atoms with E-state index in [0.29, 0.717) is 0 Å². The average Bonchev–Trinajstić information content (AvgIpc) is 2.59. The minimum absolute atomic E-state index is 0.0432. The Kier molecular flexibility index (Phi) is 3.44. The molecule has 1 heterocycles. The van der Waals surface area contributed by atoms with Crippen LogP contribution in [-0.2, 0) is 13.0 Å². The predicted molar refractivity (Wildman–Crippen MR) is 56.4 cm³/mol. The Morgan fingerprint density at radius 3 is 2.57 bits per heavy atom. The number of carbonyl (C=O) groups excluding carboxylic acids is 1. The Morgan fingerprint density at radius 2 is 2.14 bits per heavy atom. The molecule has 14 heavy (non-hydrogen) atoms. The molecule has 78 valence electrons. The molecule has 0 saturated carbocycles. The standard InChI is InChI=1S/C11H18N2O/c1-5-9-7-10(11(14)8(3)4)13(6-2)12-9/h7-8H,5-6H2,1-4H3. The molecule has 1 aromatic rings. The number of Topliss-reactive ketones (excluding diaryl/α,β-unsaturated/α-hetero) is 1. The number of aromatic nitrogens is 2. The van der Waals surface area contributed by atoms with Crippen LogP contribution in [0.2, 0.25) is 0 Å². The van der Waals surface area contributed by atoms with E-state index in [2.05, 4.69) is 5.10 Å². The van der Waals surface area contributed by atoms with Crippen molar-refractivity contribution in [3.8, 4) is 0 Å². The van der Waals surface area contributed by atoms with Crippen molar-refractivity contribution >= 4 is 5.78 Å². The van der Waals surface area contributed by atoms with Gasteiger partial charge in [-0.25, -0.2) is 0 Å². The van der Waals surface area contributed by atoms with Gasteiger partial charge in [0, 0.05) is 12.5 Å². The lowest BCUT2D eigenvalue weighted by Gasteiger charge is -2.05. The summed E-state index contributed by atoms with van der Waals surface area (Å²) in [4.78, 5) is 11.8. The van der Waals surface area contributed by atoms with Crippen LogP contribution in [0.5, 0.6) is 0 Å². The van der Waals surface area contributed by atoms with Gasteiger partial charge in [0.2, 0.25) is 0 Å². The van der Waals surface area contributed by atoms with Crippen molar-refractivity contribution in [2.24, 2.45) is 5.92 Å². The van der Waals surface area contributed by atoms with Gasteiger partial charge in [-0.2, -0.15) is 5.10 Å². The second-order valence-electron chi connectivity index (χ2n) is 3.71. The van der Waals surface area contributed by atoms with Gasteiger partial charge in [0.1, 0.15) is 5.69 Å². The summed E-state index contributed by atoms with van der Waals surface area (Å²) in [5.74, 6) is 0.223. The van der Waals surface area contributed by atoms with Crippen molar-refractivity contribution in [2.45, 2.75) is 40.7 Å². The lowest BCUT2D eigenvalue weighted by atomic mass is 10.1. The van der Waals surface area contributed by atoms with Gasteiger partial charge in [-0.1, -0.05) is 20.8 Å². The number of aryl methyl sites for hydroxylation is 2. The van der Waals surface area contributed by atoms with Crippen LogP contribution in [0.4, 0.5) is 0 Å². The number of carbonyl (C=O) groups is 1. The first-order valence-electron chi connectivity index (χ1n) is 5.21. The SMILES string of the molecule is CCc1cc(C(=O)C(C)C)n(CC)n1. The number of hydrogen-bond acceptors (Lipinski definition) is 2. The fourth-order valence-corrected chi connectivity index (χ4v) is 1.38. The summed E-state index contributed by atoms with van der Waals surface area (Å²) >= 11 is 0. The third-order valence-electron chi connectivity index (χ3n) is 2.27. The summed E-state index contributed by atoms with van der Waals surface area (Å²) in [7, 11) is 0. The third kappa shape index (κ3) is 2.03. The Bertz CT molecular complexity index is 326. The van der Waals surface area contributed by atoms with Gasteiger partial charge in [-0.05, 0) is 19.4 Å². The predicted octanol–water partition coefficient (Wildman–Crippen LogP) is 2.30. The maximum absolute atomic E-state index is 11.8. The Morgan fingerprint density at radius 1 is 1.50 bits per heavy atom. The second-order valence-corrected chi connectivity index (χ2v) is 3.71. The van der Waals surface area contributed by atoms with Crippen LogP contribution in [0.3, 0.4) is 0 Å². The highest BCUT2D eigenvalue weighted by atomic mass is 16.1. The zero-order chi connectivity index (χ0) is 10.7. The molecule has 3 heteroatoms. The van der Waals surface area contributed by atoms with Gasteiger partial charge in [0.15, 0.2) is 5.78 Å². The minimum atomic E-state index is 0.0432. The molecule has 3 nitrogen and oxygen atoms in total. The van der Waals surface area contributed by atoms with Crippen LogP contribution in [-0.4, -0.2) is 15.6 Å². The van der Waals surface area contributed by atoms with E-state index in [1.54, 1.807) is 4.68 Å². The van der Waals surface area contributed by atoms with Crippen LogP contribution in [0.15, 0.2) is 6.07 Å². The van der Waals surface area contributed by atoms with Crippen molar-refractivity contribution in [2.75, 3.05) is 0 Å². The molecule has 0 aliphatic rings. The molecule has 1 rings (SSSR count). The molecular weight excluding hydrogens is 176 g/mol. The highest BCUT2D eigenvalue weighted by Gasteiger charge is 2.16. The number of ketones is 1. The highest BCUT2D eigenvalue weighted by molar-refractivity contribution is 5.96. The fourth-order valence-electron chi connectivity index (χ4n) is 1.38. The van der Waals surface area contributed by atoms with E-state index in [1.807, 2.05) is 33.8 Å². The quantitative estimate of drug-likeness (QED) is 0.689. The maximum atomic E-state index is 11.8. The lowest BCUT2D eigenvalue weighted by Crippen LogP contribution is -2.14. The van der Waals surface area contributed by atoms with E-state index < -0.39 is 0 Å². The van der Waals surface area contributed by atoms with Crippen molar-refractivity contribution in [1.82, 2.24) is 9.78 Å². The van der Waals surface area contributed by atoms with Crippen molar-refractivity contribution < 1.29 is 4.79 Å². The van der Waals surface area contributed by atoms with E-state index in [4.69, 9.17) is 0 Å². The highest BCUT2D eigenvalue weighted by Crippen LogP contribution is 2.11. The number of rotatable bonds is 4. The normalized spacial score (nSPS) is 10.9. The van der Waals surface area contributed by atoms with Crippen molar-refractivity contribution in [3.63, 3.8) is 0 Å². The molecule has 0 bridgehead atoms. The molecule has 0 amide bonds. The third-order valence-corrected chi connectivity index (χ3v) is 2.27. The molecular formula is C11H18N2O. The summed E-state index contributed by atoms with van der Waals surface area (Å²) in [5, 5.41) is 4.35. The molecule has 0 aromatic carbocycles. The van der Waals surface area contributed by atoms with E-state index in [9.17, 15) is 4.79 Å². The second kappa shape index (κ2) is 4.40. The van der Waals surface area contributed by atoms with E-state index in [1.165, 1.54) is 0 Å². The summed E-state index contributed by atoms with van der Waals surface area (Å²) < 4.78 is 1.79. The monoisotopic (exact) mass is 194 g/mol. The van der Waals surface area contributed by atoms with Crippen molar-refractivity contribution in [3.05, 3.63) is 17.5 Å². The maximum Gasteiger partial charge on any atom is 0.183 e. The topological polar surface area (TPSA) is 34.9 Å². The van der Waals surface area contributed by atoms with E-state index in [-0.39, 0.29) is 11.7 Å². The van der Waals surface area contributed by atoms with Crippen LogP contribution in [0, 0.1) is 5.92 Å². The van der Waals surface area contributed by atoms with Gasteiger partial charge in [0.05, 0.1) is 5.69 Å². The molecule has 0 N–H and O–H groups in total. The van der Waals surface area contributed by atoms with E-state index >= 15 is 0 Å². The van der Waals surface area contributed by atoms with Crippen LogP contribution >= 0.6 is 0 Å². The van der Waals surface area contributed by atoms with Crippen LogP contribution in [0.1, 0.15) is 43.9 Å². The molecule has 0 fully saturated rings. The molecule has 0 atom stereocenters. The molecule has 0 spiro atoms. The lowest BCUT2D eigenvalue weighted by molar-refractivity contribution is 0.0928. The number of nitrogens with zero attached hydrogens (tertiary/aromatic N) is 2. The minimum Gasteiger partial charge on any atom is -0.292 e. The molecule has 0 radical (unpaired) electrons. The van der Waals surface area contributed by atoms with Crippen molar-refractivity contribution in [1.29, 1.82) is 0 Å². The summed E-state index contributed by atoms with van der Waals surface area (Å²) in [6.45, 7) is 8.64. The molecule has 0 aliphatic heterocycles. The van der Waals surface area contributed by atoms with Gasteiger partial charge in [-0.15, -0.1) is 0 Å². The zero-order valence-corrected chi connectivity index (χ0v) is 9.37. The molecule has 1 aromatic heterocycles. The van der Waals surface area contributed by atoms with E-state index in [0.717, 1.165) is 24.4 Å². The smallest absolute Gasteiger partial charge is 0.183 e. The largest absolute Gasteiger partial charge is 0.292 e. The Hall–Kier alpha value is -1.12. The number of hydrogen-bond donors (Lipinski definition) is 0. The average molecular weight is 194 g/mol. The Labute approximate surface area is 85.1 Å². The fraction of sp³-hybridized carbons (Fsp3) is 0.636. The van der Waals surface area contributed by atoms with Gasteiger partial charge in [-0.3, -0.25) is 9.48 Å². The van der Waals surface area contributed by atoms with Gasteiger partial charge >= 0.3 is 0 Å². The molecule has 0 aliphatic carbocycles. The Balaban J connectivity index is 3.06. The van der Waals surface area contributed by atoms with Gasteiger partial charge in [0.25, 0.3) is 0 Å². The van der Waals surface area contributed by atoms with Crippen LogP contribution < -0.4 is 0 Å². The molecule has 0 saturated heterocycles. The first-order valence-corrected chi connectivity index (χ1v) is 5.21. The summed E-state index contributed by atoms with van der Waals surface area (Å²) in [6, 6.07) is 1.91. The summed E-state index contributed by atoms with van der Waals surface area (Å²) in [6.07, 6.45) is 0.880.